The van der Waals surface area contributed by atoms with E-state index >= 15 is 0 Å². The zero-order valence-corrected chi connectivity index (χ0v) is 30.4. The van der Waals surface area contributed by atoms with Crippen LogP contribution in [0.2, 0.25) is 0 Å². The minimum Gasteiger partial charge on any atom is -0.392 e. The van der Waals surface area contributed by atoms with Crippen molar-refractivity contribution < 1.29 is 14.6 Å². The quantitative estimate of drug-likeness (QED) is 0.371. The van der Waals surface area contributed by atoms with Gasteiger partial charge in [0.15, 0.2) is 0 Å². The van der Waals surface area contributed by atoms with E-state index in [1.807, 2.05) is 30.5 Å². The summed E-state index contributed by atoms with van der Waals surface area (Å²) in [7, 11) is 1.70. The summed E-state index contributed by atoms with van der Waals surface area (Å²) in [5, 5.41) is 14.0. The number of rotatable bonds is 7. The molecule has 4 aliphatic rings. The summed E-state index contributed by atoms with van der Waals surface area (Å²) in [5.74, 6) is 0.815. The molecule has 4 aliphatic heterocycles. The number of aryl methyl sites for hydroxylation is 1. The molecule has 3 aromatic rings. The maximum atomic E-state index is 14.0. The van der Waals surface area contributed by atoms with Gasteiger partial charge in [0.2, 0.25) is 0 Å². The standard InChI is InChI=1S/C39H50N8O4/c1-25-15-34-38(50)45(14-13-44(34)12-10-39(4,5)17-25)36-32(22-48)31(9-11-40-36)28-16-33(37(49)43(6)21-28)42-35-8-7-29(18-41-35)46-19-27(3)47(20-26(46)2)30-23-51-24-30/h7-9,11,15-16,18,21,26-27,30,48H,1,10,12-14,17,19-20,22-24H2,2-6H3,(H,41,42)/b34-15-/t26-,27+/m0/s1. The van der Waals surface area contributed by atoms with Crippen molar-refractivity contribution in [1.29, 1.82) is 0 Å². The molecule has 0 spiro atoms. The van der Waals surface area contributed by atoms with Crippen LogP contribution in [0, 0.1) is 5.41 Å². The van der Waals surface area contributed by atoms with Gasteiger partial charge in [-0.1, -0.05) is 26.0 Å². The van der Waals surface area contributed by atoms with Gasteiger partial charge in [0.05, 0.1) is 37.7 Å². The Morgan fingerprint density at radius 3 is 2.57 bits per heavy atom. The summed E-state index contributed by atoms with van der Waals surface area (Å²) in [6.07, 6.45) is 8.95. The zero-order chi connectivity index (χ0) is 36.0. The molecule has 3 aromatic heterocycles. The van der Waals surface area contributed by atoms with Crippen molar-refractivity contribution >= 4 is 28.9 Å². The summed E-state index contributed by atoms with van der Waals surface area (Å²) < 4.78 is 6.95. The number of nitrogens with zero attached hydrogens (tertiary/aromatic N) is 7. The minimum absolute atomic E-state index is 0.112. The highest BCUT2D eigenvalue weighted by Crippen LogP contribution is 2.37. The predicted molar refractivity (Wildman–Crippen MR) is 200 cm³/mol. The van der Waals surface area contributed by atoms with E-state index in [9.17, 15) is 14.7 Å². The monoisotopic (exact) mass is 694 g/mol. The van der Waals surface area contributed by atoms with Crippen molar-refractivity contribution in [3.05, 3.63) is 82.7 Å². The van der Waals surface area contributed by atoms with Gasteiger partial charge in [-0.25, -0.2) is 9.97 Å². The first-order chi connectivity index (χ1) is 24.4. The van der Waals surface area contributed by atoms with Crippen LogP contribution in [0.5, 0.6) is 0 Å². The van der Waals surface area contributed by atoms with Gasteiger partial charge in [-0.05, 0) is 68.0 Å². The largest absolute Gasteiger partial charge is 0.392 e. The molecule has 7 heterocycles. The second-order valence-corrected chi connectivity index (χ2v) is 15.4. The van der Waals surface area contributed by atoms with Gasteiger partial charge < -0.3 is 29.5 Å². The number of piperazine rings is 2. The molecule has 3 saturated heterocycles. The summed E-state index contributed by atoms with van der Waals surface area (Å²) >= 11 is 0. The molecule has 12 heteroatoms. The third kappa shape index (κ3) is 6.92. The average Bonchev–Trinajstić information content (AvgIpc) is 3.07. The van der Waals surface area contributed by atoms with Crippen LogP contribution >= 0.6 is 0 Å². The Hall–Kier alpha value is -4.52. The van der Waals surface area contributed by atoms with Crippen molar-refractivity contribution in [2.75, 3.05) is 61.1 Å². The Balaban J connectivity index is 1.13. The summed E-state index contributed by atoms with van der Waals surface area (Å²) in [6, 6.07) is 8.78. The van der Waals surface area contributed by atoms with Crippen molar-refractivity contribution in [3.8, 4) is 11.1 Å². The van der Waals surface area contributed by atoms with Gasteiger partial charge in [0, 0.05) is 75.4 Å². The SMILES string of the molecule is C=C1/C=C2/C(=O)N(c3nccc(-c4cc(Nc5ccc(N6C[C@@H](C)N(C7COC7)C[C@@H]6C)cn5)c(=O)n(C)c4)c3CO)CCN2CCC(C)(C)C1. The second kappa shape index (κ2) is 13.9. The van der Waals surface area contributed by atoms with Gasteiger partial charge in [0.25, 0.3) is 11.5 Å². The van der Waals surface area contributed by atoms with E-state index in [1.54, 1.807) is 30.4 Å². The van der Waals surface area contributed by atoms with E-state index in [-0.39, 0.29) is 23.5 Å². The lowest BCUT2D eigenvalue weighted by Gasteiger charge is -2.50. The normalized spacial score (nSPS) is 24.0. The van der Waals surface area contributed by atoms with Gasteiger partial charge in [-0.3, -0.25) is 19.4 Å². The van der Waals surface area contributed by atoms with E-state index in [0.29, 0.717) is 70.9 Å². The van der Waals surface area contributed by atoms with Crippen LogP contribution in [0.15, 0.2) is 71.6 Å². The third-order valence-corrected chi connectivity index (χ3v) is 10.9. The number of ether oxygens (including phenoxy) is 1. The molecule has 3 fully saturated rings. The van der Waals surface area contributed by atoms with Gasteiger partial charge >= 0.3 is 0 Å². The number of fused-ring (bicyclic) bond motifs is 1. The Kier molecular flexibility index (Phi) is 9.51. The molecule has 7 rings (SSSR count). The molecule has 51 heavy (non-hydrogen) atoms. The Bertz CT molecular complexity index is 1900. The molecule has 2 atom stereocenters. The molecule has 0 radical (unpaired) electrons. The molecule has 0 aliphatic carbocycles. The molecule has 0 unspecified atom stereocenters. The van der Waals surface area contributed by atoms with Crippen LogP contribution in [0.1, 0.15) is 46.1 Å². The number of hydrogen-bond donors (Lipinski definition) is 2. The summed E-state index contributed by atoms with van der Waals surface area (Å²) in [4.78, 5) is 45.4. The molecule has 0 bridgehead atoms. The number of aliphatic hydroxyl groups is 1. The summed E-state index contributed by atoms with van der Waals surface area (Å²) in [5.41, 5.74) is 4.74. The molecule has 270 valence electrons. The zero-order valence-electron chi connectivity index (χ0n) is 30.4. The lowest BCUT2D eigenvalue weighted by molar-refractivity contribution is -0.118. The van der Waals surface area contributed by atoms with Crippen LogP contribution in [-0.2, 0) is 23.2 Å². The summed E-state index contributed by atoms with van der Waals surface area (Å²) in [6.45, 7) is 18.3. The van der Waals surface area contributed by atoms with Gasteiger partial charge in [-0.15, -0.1) is 0 Å². The van der Waals surface area contributed by atoms with Crippen LogP contribution in [0.25, 0.3) is 11.1 Å². The molecule has 0 saturated carbocycles. The first-order valence-corrected chi connectivity index (χ1v) is 18.0. The highest BCUT2D eigenvalue weighted by atomic mass is 16.5. The number of pyridine rings is 3. The minimum atomic E-state index is -0.333. The Morgan fingerprint density at radius 1 is 1.06 bits per heavy atom. The number of carbonyl (C=O) groups excluding carboxylic acids is 1. The Labute approximate surface area is 300 Å². The Morgan fingerprint density at radius 2 is 1.86 bits per heavy atom. The van der Waals surface area contributed by atoms with Crippen molar-refractivity contribution in [1.82, 2.24) is 24.3 Å². The number of anilines is 4. The molecular weight excluding hydrogens is 644 g/mol. The fourth-order valence-corrected chi connectivity index (χ4v) is 7.98. The number of hydrogen-bond acceptors (Lipinski definition) is 10. The van der Waals surface area contributed by atoms with E-state index in [2.05, 4.69) is 59.3 Å². The first-order valence-electron chi connectivity index (χ1n) is 18.0. The van der Waals surface area contributed by atoms with Crippen LogP contribution in [0.3, 0.4) is 0 Å². The van der Waals surface area contributed by atoms with Crippen LogP contribution in [0.4, 0.5) is 23.0 Å². The number of carbonyl (C=O) groups is 1. The lowest BCUT2D eigenvalue weighted by atomic mass is 9.81. The van der Waals surface area contributed by atoms with Crippen molar-refractivity contribution in [2.45, 2.75) is 65.3 Å². The smallest absolute Gasteiger partial charge is 0.275 e. The number of amides is 1. The number of nitrogens with one attached hydrogen (secondary N) is 1. The molecule has 0 aromatic carbocycles. The number of aromatic nitrogens is 3. The predicted octanol–water partition coefficient (Wildman–Crippen LogP) is 4.28. The number of allylic oxidation sites excluding steroid dienone is 2. The topological polar surface area (TPSA) is 119 Å². The maximum Gasteiger partial charge on any atom is 0.275 e. The van der Waals surface area contributed by atoms with E-state index < -0.39 is 0 Å². The van der Waals surface area contributed by atoms with Gasteiger partial charge in [0.1, 0.15) is 23.0 Å². The lowest BCUT2D eigenvalue weighted by Crippen LogP contribution is -2.63. The highest BCUT2D eigenvalue weighted by molar-refractivity contribution is 6.06. The van der Waals surface area contributed by atoms with Gasteiger partial charge in [-0.2, -0.15) is 0 Å². The van der Waals surface area contributed by atoms with Crippen LogP contribution in [-0.4, -0.2) is 99.4 Å². The van der Waals surface area contributed by atoms with Crippen molar-refractivity contribution in [3.63, 3.8) is 0 Å². The fraction of sp³-hybridized carbons (Fsp3) is 0.487. The second-order valence-electron chi connectivity index (χ2n) is 15.4. The van der Waals surface area contributed by atoms with E-state index in [0.717, 1.165) is 57.0 Å². The molecular formula is C39H50N8O4. The third-order valence-electron chi connectivity index (χ3n) is 10.9. The number of aliphatic hydroxyl groups excluding tert-OH is 1. The van der Waals surface area contributed by atoms with Crippen molar-refractivity contribution in [2.24, 2.45) is 12.5 Å². The van der Waals surface area contributed by atoms with E-state index in [4.69, 9.17) is 9.72 Å². The fourth-order valence-electron chi connectivity index (χ4n) is 7.98. The highest BCUT2D eigenvalue weighted by Gasteiger charge is 2.37. The van der Waals surface area contributed by atoms with E-state index in [1.165, 1.54) is 4.57 Å². The molecule has 1 amide bonds. The average molecular weight is 695 g/mol. The molecule has 2 N–H and O–H groups in total. The molecule has 12 nitrogen and oxygen atoms in total. The van der Waals surface area contributed by atoms with Crippen LogP contribution < -0.4 is 20.7 Å². The maximum absolute atomic E-state index is 14.0. The first kappa shape index (κ1) is 34.9.